The van der Waals surface area contributed by atoms with Crippen LogP contribution in [0, 0.1) is 0 Å². The summed E-state index contributed by atoms with van der Waals surface area (Å²) >= 11 is 7.79. The van der Waals surface area contributed by atoms with E-state index in [-0.39, 0.29) is 18.4 Å². The van der Waals surface area contributed by atoms with E-state index in [0.717, 1.165) is 40.5 Å². The first-order valence-electron chi connectivity index (χ1n) is 9.89. The van der Waals surface area contributed by atoms with Crippen molar-refractivity contribution in [1.82, 2.24) is 0 Å². The summed E-state index contributed by atoms with van der Waals surface area (Å²) in [6, 6.07) is 18.0. The summed E-state index contributed by atoms with van der Waals surface area (Å²) in [5, 5.41) is 10.2. The number of aliphatic carboxylic acids is 1. The average Bonchev–Trinajstić information content (AvgIpc) is 3.34. The van der Waals surface area contributed by atoms with Crippen LogP contribution in [0.2, 0.25) is 5.02 Å². The van der Waals surface area contributed by atoms with E-state index in [0.29, 0.717) is 0 Å². The Hall–Kier alpha value is -2.30. The maximum absolute atomic E-state index is 11.4. The number of benzene rings is 2. The number of hydrogen-bond acceptors (Lipinski definition) is 3. The normalized spacial score (nSPS) is 16.4. The molecule has 5 heteroatoms. The average molecular weight is 427 g/mol. The molecule has 0 fully saturated rings. The number of thiophene rings is 1. The molecule has 2 unspecified atom stereocenters. The first-order valence-corrected chi connectivity index (χ1v) is 11.1. The van der Waals surface area contributed by atoms with Gasteiger partial charge in [-0.1, -0.05) is 36.7 Å². The van der Waals surface area contributed by atoms with Crippen molar-refractivity contribution in [3.05, 3.63) is 86.1 Å². The highest BCUT2D eigenvalue weighted by molar-refractivity contribution is 7.12. The molecule has 1 heterocycles. The van der Waals surface area contributed by atoms with Gasteiger partial charge in [0, 0.05) is 20.7 Å². The predicted octanol–water partition coefficient (Wildman–Crippen LogP) is 6.64. The van der Waals surface area contributed by atoms with Crippen LogP contribution >= 0.6 is 22.9 Å². The van der Waals surface area contributed by atoms with Gasteiger partial charge in [-0.15, -0.1) is 11.3 Å². The first kappa shape index (κ1) is 20.0. The van der Waals surface area contributed by atoms with Crippen molar-refractivity contribution in [3.63, 3.8) is 0 Å². The summed E-state index contributed by atoms with van der Waals surface area (Å²) in [6.45, 7) is 2.11. The summed E-state index contributed by atoms with van der Waals surface area (Å²) in [7, 11) is 0. The molecule has 150 valence electrons. The molecular weight excluding hydrogens is 404 g/mol. The van der Waals surface area contributed by atoms with Gasteiger partial charge in [-0.25, -0.2) is 0 Å². The molecule has 1 aliphatic rings. The Morgan fingerprint density at radius 2 is 2.00 bits per heavy atom. The number of fused-ring (bicyclic) bond motifs is 1. The van der Waals surface area contributed by atoms with Gasteiger partial charge in [-0.2, -0.15) is 0 Å². The van der Waals surface area contributed by atoms with Gasteiger partial charge in [0.15, 0.2) is 0 Å². The standard InChI is InChI=1S/C24H23ClO3S/c1-2-19-9-12-23(29-19)21(14-24(26)27)15-3-7-18(8-4-15)28-22-11-5-16-13-17(25)6-10-20(16)22/h3-4,6-10,12-13,21-22H,2,5,11,14H2,1H3,(H,26,27). The Morgan fingerprint density at radius 1 is 1.21 bits per heavy atom. The Labute approximate surface area is 179 Å². The van der Waals surface area contributed by atoms with Crippen LogP contribution in [-0.4, -0.2) is 11.1 Å². The highest BCUT2D eigenvalue weighted by atomic mass is 35.5. The van der Waals surface area contributed by atoms with Gasteiger partial charge in [0.2, 0.25) is 0 Å². The van der Waals surface area contributed by atoms with Crippen LogP contribution in [-0.2, 0) is 17.6 Å². The van der Waals surface area contributed by atoms with Crippen molar-refractivity contribution in [2.45, 2.75) is 44.6 Å². The van der Waals surface area contributed by atoms with Crippen LogP contribution in [0.25, 0.3) is 0 Å². The number of hydrogen-bond donors (Lipinski definition) is 1. The Morgan fingerprint density at radius 3 is 2.69 bits per heavy atom. The SMILES string of the molecule is CCc1ccc(C(CC(=O)O)c2ccc(OC3CCc4cc(Cl)ccc43)cc2)s1. The monoisotopic (exact) mass is 426 g/mol. The maximum Gasteiger partial charge on any atom is 0.304 e. The van der Waals surface area contributed by atoms with Gasteiger partial charge in [0.1, 0.15) is 11.9 Å². The van der Waals surface area contributed by atoms with E-state index in [4.69, 9.17) is 16.3 Å². The maximum atomic E-state index is 11.4. The number of halogens is 1. The quantitative estimate of drug-likeness (QED) is 0.460. The largest absolute Gasteiger partial charge is 0.486 e. The van der Waals surface area contributed by atoms with Crippen molar-refractivity contribution < 1.29 is 14.6 Å². The lowest BCUT2D eigenvalue weighted by atomic mass is 9.94. The molecule has 1 aromatic heterocycles. The van der Waals surface area contributed by atoms with Crippen molar-refractivity contribution in [3.8, 4) is 5.75 Å². The fraction of sp³-hybridized carbons (Fsp3) is 0.292. The number of rotatable bonds is 7. The van der Waals surface area contributed by atoms with Gasteiger partial charge >= 0.3 is 5.97 Å². The molecule has 0 spiro atoms. The summed E-state index contributed by atoms with van der Waals surface area (Å²) in [6.07, 6.45) is 2.99. The minimum Gasteiger partial charge on any atom is -0.486 e. The molecule has 29 heavy (non-hydrogen) atoms. The zero-order chi connectivity index (χ0) is 20.4. The van der Waals surface area contributed by atoms with E-state index in [1.165, 1.54) is 16.0 Å². The number of aryl methyl sites for hydroxylation is 2. The van der Waals surface area contributed by atoms with Crippen LogP contribution in [0.5, 0.6) is 5.75 Å². The summed E-state index contributed by atoms with van der Waals surface area (Å²) < 4.78 is 6.23. The molecule has 0 saturated carbocycles. The molecule has 0 bridgehead atoms. The fourth-order valence-corrected chi connectivity index (χ4v) is 5.22. The third-order valence-corrected chi connectivity index (χ3v) is 7.02. The molecule has 3 nitrogen and oxygen atoms in total. The molecule has 0 aliphatic heterocycles. The highest BCUT2D eigenvalue weighted by Crippen LogP contribution is 2.38. The van der Waals surface area contributed by atoms with Crippen LogP contribution in [0.1, 0.15) is 58.2 Å². The van der Waals surface area contributed by atoms with E-state index in [2.05, 4.69) is 25.1 Å². The van der Waals surface area contributed by atoms with E-state index in [1.54, 1.807) is 11.3 Å². The molecule has 0 radical (unpaired) electrons. The topological polar surface area (TPSA) is 46.5 Å². The molecule has 4 rings (SSSR count). The van der Waals surface area contributed by atoms with Gasteiger partial charge in [0.25, 0.3) is 0 Å². The van der Waals surface area contributed by atoms with E-state index in [9.17, 15) is 9.90 Å². The van der Waals surface area contributed by atoms with Crippen molar-refractivity contribution in [1.29, 1.82) is 0 Å². The molecule has 2 aromatic carbocycles. The molecular formula is C24H23ClO3S. The van der Waals surface area contributed by atoms with Crippen LogP contribution in [0.4, 0.5) is 0 Å². The summed E-state index contributed by atoms with van der Waals surface area (Å²) in [5.41, 5.74) is 3.46. The molecule has 0 amide bonds. The number of ether oxygens (including phenoxy) is 1. The molecule has 1 aliphatic carbocycles. The second kappa shape index (κ2) is 8.60. The lowest BCUT2D eigenvalue weighted by molar-refractivity contribution is -0.137. The lowest BCUT2D eigenvalue weighted by Crippen LogP contribution is -2.07. The van der Waals surface area contributed by atoms with Crippen LogP contribution < -0.4 is 4.74 Å². The number of carboxylic acids is 1. The fourth-order valence-electron chi connectivity index (χ4n) is 3.94. The van der Waals surface area contributed by atoms with Gasteiger partial charge < -0.3 is 9.84 Å². The third kappa shape index (κ3) is 4.49. The van der Waals surface area contributed by atoms with Crippen LogP contribution in [0.3, 0.4) is 0 Å². The number of carboxylic acid groups (broad SMARTS) is 1. The highest BCUT2D eigenvalue weighted by Gasteiger charge is 2.25. The van der Waals surface area contributed by atoms with Crippen LogP contribution in [0.15, 0.2) is 54.6 Å². The van der Waals surface area contributed by atoms with Crippen molar-refractivity contribution >= 4 is 28.9 Å². The first-order chi connectivity index (χ1) is 14.0. The zero-order valence-electron chi connectivity index (χ0n) is 16.2. The molecule has 2 atom stereocenters. The molecule has 0 saturated heterocycles. The number of carbonyl (C=O) groups is 1. The third-order valence-electron chi connectivity index (χ3n) is 5.44. The van der Waals surface area contributed by atoms with Gasteiger partial charge in [0.05, 0.1) is 6.42 Å². The zero-order valence-corrected chi connectivity index (χ0v) is 17.8. The van der Waals surface area contributed by atoms with E-state index in [1.807, 2.05) is 36.4 Å². The predicted molar refractivity (Wildman–Crippen MR) is 117 cm³/mol. The second-order valence-electron chi connectivity index (χ2n) is 7.37. The molecule has 1 N–H and O–H groups in total. The molecule has 3 aromatic rings. The Balaban J connectivity index is 1.52. The van der Waals surface area contributed by atoms with Crippen molar-refractivity contribution in [2.75, 3.05) is 0 Å². The van der Waals surface area contributed by atoms with Gasteiger partial charge in [-0.05, 0) is 72.4 Å². The summed E-state index contributed by atoms with van der Waals surface area (Å²) in [4.78, 5) is 13.8. The van der Waals surface area contributed by atoms with Crippen molar-refractivity contribution in [2.24, 2.45) is 0 Å². The summed E-state index contributed by atoms with van der Waals surface area (Å²) in [5.74, 6) is -0.125. The van der Waals surface area contributed by atoms with E-state index >= 15 is 0 Å². The minimum absolute atomic E-state index is 0.0346. The van der Waals surface area contributed by atoms with Gasteiger partial charge in [-0.3, -0.25) is 4.79 Å². The Kier molecular flexibility index (Phi) is 5.93. The lowest BCUT2D eigenvalue weighted by Gasteiger charge is -2.17. The smallest absolute Gasteiger partial charge is 0.304 e. The second-order valence-corrected chi connectivity index (χ2v) is 9.00. The Bertz CT molecular complexity index is 1010. The van der Waals surface area contributed by atoms with E-state index < -0.39 is 5.97 Å². The minimum atomic E-state index is -0.789.